The number of carbonyl (C=O) groups is 1. The molecule has 2 saturated heterocycles. The predicted octanol–water partition coefficient (Wildman–Crippen LogP) is 8.11. The summed E-state index contributed by atoms with van der Waals surface area (Å²) in [5, 5.41) is 20.8. The van der Waals surface area contributed by atoms with E-state index in [1.54, 1.807) is 0 Å². The molecular weight excluding hydrogens is 516 g/mol. The Balaban J connectivity index is 1.11. The minimum absolute atomic E-state index is 0.00656. The number of carbonyl (C=O) groups excluding carboxylic acids is 1. The lowest BCUT2D eigenvalue weighted by molar-refractivity contribution is -0.139. The van der Waals surface area contributed by atoms with Gasteiger partial charge in [0.1, 0.15) is 6.10 Å². The molecule has 0 aromatic carbocycles. The van der Waals surface area contributed by atoms with E-state index in [1.165, 1.54) is 77.0 Å². The lowest BCUT2D eigenvalue weighted by atomic mass is 10.0. The molecule has 238 valence electrons. The van der Waals surface area contributed by atoms with Crippen LogP contribution in [0.1, 0.15) is 162 Å². The highest BCUT2D eigenvalue weighted by Gasteiger charge is 2.39. The van der Waals surface area contributed by atoms with Crippen LogP contribution in [0, 0.1) is 0 Å². The SMILES string of the molecule is CCCCCCCCC[C@H](O)[C@@H]1CC[C@H]([C@H]2CC[C@H](CCCCCCCCCC[C@H](O)CC3=C[C@H](C)OC3=O)O2)O1. The van der Waals surface area contributed by atoms with Gasteiger partial charge in [0.15, 0.2) is 0 Å². The zero-order valence-electron chi connectivity index (χ0n) is 26.4. The molecule has 41 heavy (non-hydrogen) atoms. The fraction of sp³-hybridized carbons (Fsp3) is 0.914. The maximum atomic E-state index is 11.7. The molecule has 6 heteroatoms. The van der Waals surface area contributed by atoms with E-state index in [-0.39, 0.29) is 36.5 Å². The molecule has 2 N–H and O–H groups in total. The van der Waals surface area contributed by atoms with Crippen LogP contribution in [-0.2, 0) is 19.0 Å². The average molecular weight is 579 g/mol. The second-order valence-corrected chi connectivity index (χ2v) is 13.2. The average Bonchev–Trinajstić information content (AvgIpc) is 3.69. The van der Waals surface area contributed by atoms with Crippen molar-refractivity contribution >= 4 is 5.97 Å². The van der Waals surface area contributed by atoms with Crippen molar-refractivity contribution in [3.63, 3.8) is 0 Å². The highest BCUT2D eigenvalue weighted by atomic mass is 16.6. The first-order valence-electron chi connectivity index (χ1n) is 17.5. The Kier molecular flexibility index (Phi) is 16.9. The van der Waals surface area contributed by atoms with E-state index >= 15 is 0 Å². The molecular formula is C35H62O6. The number of hydrogen-bond acceptors (Lipinski definition) is 6. The minimum atomic E-state index is -0.440. The smallest absolute Gasteiger partial charge is 0.334 e. The van der Waals surface area contributed by atoms with Crippen LogP contribution in [0.5, 0.6) is 0 Å². The third-order valence-corrected chi connectivity index (χ3v) is 9.43. The summed E-state index contributed by atoms with van der Waals surface area (Å²) in [6.45, 7) is 4.10. The van der Waals surface area contributed by atoms with Gasteiger partial charge in [0.25, 0.3) is 0 Å². The van der Waals surface area contributed by atoms with E-state index in [0.29, 0.717) is 18.1 Å². The third kappa shape index (κ3) is 13.5. The fourth-order valence-electron chi connectivity index (χ4n) is 6.91. The van der Waals surface area contributed by atoms with Crippen LogP contribution >= 0.6 is 0 Å². The van der Waals surface area contributed by atoms with E-state index in [2.05, 4.69) is 6.92 Å². The van der Waals surface area contributed by atoms with Gasteiger partial charge in [-0.25, -0.2) is 4.79 Å². The van der Waals surface area contributed by atoms with Crippen molar-refractivity contribution in [3.05, 3.63) is 11.6 Å². The van der Waals surface area contributed by atoms with Gasteiger partial charge in [0, 0.05) is 12.0 Å². The van der Waals surface area contributed by atoms with Crippen LogP contribution in [0.4, 0.5) is 0 Å². The molecule has 3 aliphatic heterocycles. The lowest BCUT2D eigenvalue weighted by Crippen LogP contribution is -2.31. The van der Waals surface area contributed by atoms with Gasteiger partial charge in [-0.15, -0.1) is 0 Å². The number of ether oxygens (including phenoxy) is 3. The van der Waals surface area contributed by atoms with Crippen LogP contribution in [0.15, 0.2) is 11.6 Å². The molecule has 3 heterocycles. The molecule has 0 aromatic heterocycles. The first-order valence-corrected chi connectivity index (χ1v) is 17.5. The van der Waals surface area contributed by atoms with E-state index in [0.717, 1.165) is 64.2 Å². The summed E-state index contributed by atoms with van der Waals surface area (Å²) in [5.41, 5.74) is 0.633. The molecule has 0 bridgehead atoms. The van der Waals surface area contributed by atoms with Gasteiger partial charge in [0.2, 0.25) is 0 Å². The van der Waals surface area contributed by atoms with Gasteiger partial charge in [-0.2, -0.15) is 0 Å². The first kappa shape index (κ1) is 34.5. The van der Waals surface area contributed by atoms with E-state index in [4.69, 9.17) is 14.2 Å². The van der Waals surface area contributed by atoms with Crippen LogP contribution in [-0.4, -0.2) is 58.9 Å². The topological polar surface area (TPSA) is 85.2 Å². The Hall–Kier alpha value is -0.950. The number of unbranched alkanes of at least 4 members (excludes halogenated alkanes) is 13. The zero-order valence-corrected chi connectivity index (χ0v) is 26.4. The van der Waals surface area contributed by atoms with Gasteiger partial charge in [0.05, 0.1) is 36.6 Å². The molecule has 0 spiro atoms. The van der Waals surface area contributed by atoms with E-state index < -0.39 is 6.10 Å². The molecule has 0 saturated carbocycles. The summed E-state index contributed by atoms with van der Waals surface area (Å²) in [5.74, 6) is -0.267. The van der Waals surface area contributed by atoms with E-state index in [1.807, 2.05) is 13.0 Å². The van der Waals surface area contributed by atoms with Crippen molar-refractivity contribution in [2.45, 2.75) is 204 Å². The molecule has 2 fully saturated rings. The Labute approximate surface area is 251 Å². The van der Waals surface area contributed by atoms with Gasteiger partial charge >= 0.3 is 5.97 Å². The van der Waals surface area contributed by atoms with Gasteiger partial charge in [-0.3, -0.25) is 0 Å². The highest BCUT2D eigenvalue weighted by Crippen LogP contribution is 2.34. The third-order valence-electron chi connectivity index (χ3n) is 9.43. The van der Waals surface area contributed by atoms with Gasteiger partial charge in [-0.05, 0) is 57.9 Å². The Bertz CT molecular complexity index is 738. The highest BCUT2D eigenvalue weighted by molar-refractivity contribution is 5.90. The lowest BCUT2D eigenvalue weighted by Gasteiger charge is -2.23. The van der Waals surface area contributed by atoms with Crippen LogP contribution in [0.3, 0.4) is 0 Å². The second-order valence-electron chi connectivity index (χ2n) is 13.2. The van der Waals surface area contributed by atoms with Crippen molar-refractivity contribution in [2.24, 2.45) is 0 Å². The van der Waals surface area contributed by atoms with Crippen LogP contribution in [0.25, 0.3) is 0 Å². The summed E-state index contributed by atoms with van der Waals surface area (Å²) in [4.78, 5) is 11.7. The maximum Gasteiger partial charge on any atom is 0.334 e. The normalized spacial score (nSPS) is 27.8. The van der Waals surface area contributed by atoms with Crippen molar-refractivity contribution < 1.29 is 29.2 Å². The quantitative estimate of drug-likeness (QED) is 0.0941. The number of aliphatic hydroxyl groups excluding tert-OH is 2. The number of rotatable bonds is 23. The maximum absolute atomic E-state index is 11.7. The molecule has 0 radical (unpaired) electrons. The monoisotopic (exact) mass is 578 g/mol. The Morgan fingerprint density at radius 1 is 0.756 bits per heavy atom. The van der Waals surface area contributed by atoms with Crippen molar-refractivity contribution in [2.75, 3.05) is 0 Å². The fourth-order valence-corrected chi connectivity index (χ4v) is 6.91. The molecule has 3 rings (SSSR count). The summed E-state index contributed by atoms with van der Waals surface area (Å²) in [7, 11) is 0. The van der Waals surface area contributed by atoms with Gasteiger partial charge in [-0.1, -0.05) is 103 Å². The molecule has 7 atom stereocenters. The van der Waals surface area contributed by atoms with Gasteiger partial charge < -0.3 is 24.4 Å². The molecule has 0 aromatic rings. The summed E-state index contributed by atoms with van der Waals surface area (Å²) >= 11 is 0. The van der Waals surface area contributed by atoms with Crippen molar-refractivity contribution in [1.29, 1.82) is 0 Å². The summed E-state index contributed by atoms with van der Waals surface area (Å²) in [6.07, 6.45) is 27.9. The van der Waals surface area contributed by atoms with Crippen LogP contribution in [0.2, 0.25) is 0 Å². The molecule has 0 aliphatic carbocycles. The zero-order chi connectivity index (χ0) is 29.3. The number of esters is 1. The second kappa shape index (κ2) is 20.1. The van der Waals surface area contributed by atoms with Crippen LogP contribution < -0.4 is 0 Å². The standard InChI is InChI=1S/C35H62O6/c1-3-4-5-6-9-14-17-20-31(37)32-23-24-34(41-32)33-22-21-30(40-33)19-16-13-11-8-7-10-12-15-18-29(36)26-28-25-27(2)39-35(28)38/h25,27,29-34,36-37H,3-24,26H2,1-2H3/t27-,29-,30-,31-,32-,33+,34+/m0/s1. The summed E-state index contributed by atoms with van der Waals surface area (Å²) in [6, 6.07) is 0. The largest absolute Gasteiger partial charge is 0.455 e. The molecule has 6 nitrogen and oxygen atoms in total. The number of hydrogen-bond donors (Lipinski definition) is 2. The summed E-state index contributed by atoms with van der Waals surface area (Å²) < 4.78 is 17.8. The first-order chi connectivity index (χ1) is 20.0. The Morgan fingerprint density at radius 3 is 2.00 bits per heavy atom. The Morgan fingerprint density at radius 2 is 1.34 bits per heavy atom. The van der Waals surface area contributed by atoms with Crippen molar-refractivity contribution in [1.82, 2.24) is 0 Å². The number of aliphatic hydroxyl groups is 2. The molecule has 0 unspecified atom stereocenters. The predicted molar refractivity (Wildman–Crippen MR) is 165 cm³/mol. The molecule has 3 aliphatic rings. The van der Waals surface area contributed by atoms with E-state index in [9.17, 15) is 15.0 Å². The number of cyclic esters (lactones) is 1. The minimum Gasteiger partial charge on any atom is -0.455 e. The van der Waals surface area contributed by atoms with Crippen molar-refractivity contribution in [3.8, 4) is 0 Å². The molecule has 0 amide bonds.